The second-order valence-corrected chi connectivity index (χ2v) is 8.31. The van der Waals surface area contributed by atoms with Gasteiger partial charge in [-0.05, 0) is 42.0 Å². The molecule has 3 aromatic carbocycles. The largest absolute Gasteiger partial charge is 0.497 e. The average molecular weight is 519 g/mol. The van der Waals surface area contributed by atoms with Crippen LogP contribution < -0.4 is 14.8 Å². The molecule has 0 aliphatic rings. The zero-order chi connectivity index (χ0) is 22.8. The Morgan fingerprint density at radius 3 is 2.50 bits per heavy atom. The number of ether oxygens (including phenoxy) is 2. The smallest absolute Gasteiger partial charge is 0.175 e. The lowest BCUT2D eigenvalue weighted by Gasteiger charge is -2.13. The minimum atomic E-state index is -0.634. The van der Waals surface area contributed by atoms with Gasteiger partial charge in [0, 0.05) is 22.6 Å². The summed E-state index contributed by atoms with van der Waals surface area (Å²) in [6.07, 6.45) is 2.13. The topological polar surface area (TPSA) is 65.4 Å². The van der Waals surface area contributed by atoms with Crippen molar-refractivity contribution in [1.82, 2.24) is 9.55 Å². The number of carbonyl (C=O) groups excluding carboxylic acids is 1. The van der Waals surface area contributed by atoms with Gasteiger partial charge < -0.3 is 19.4 Å². The van der Waals surface area contributed by atoms with Crippen LogP contribution in [-0.2, 0) is 6.54 Å². The number of methoxy groups -OCH3 is 2. The van der Waals surface area contributed by atoms with E-state index in [1.807, 2.05) is 12.1 Å². The van der Waals surface area contributed by atoms with Crippen molar-refractivity contribution in [3.8, 4) is 11.5 Å². The van der Waals surface area contributed by atoms with E-state index in [4.69, 9.17) is 21.1 Å². The van der Waals surface area contributed by atoms with E-state index >= 15 is 4.39 Å². The minimum Gasteiger partial charge on any atom is -0.497 e. The molecule has 0 aliphatic carbocycles. The molecule has 164 valence electrons. The molecule has 0 fully saturated rings. The maximum absolute atomic E-state index is 15.4. The second-order valence-electron chi connectivity index (χ2n) is 6.98. The predicted octanol–water partition coefficient (Wildman–Crippen LogP) is 6.21. The van der Waals surface area contributed by atoms with E-state index in [-0.39, 0.29) is 16.8 Å². The van der Waals surface area contributed by atoms with Crippen molar-refractivity contribution in [3.05, 3.63) is 75.2 Å². The zero-order valence-corrected chi connectivity index (χ0v) is 19.5. The molecule has 4 aromatic rings. The van der Waals surface area contributed by atoms with Crippen molar-refractivity contribution in [1.29, 1.82) is 0 Å². The van der Waals surface area contributed by atoms with E-state index in [1.54, 1.807) is 49.1 Å². The van der Waals surface area contributed by atoms with Crippen LogP contribution in [0.4, 0.5) is 15.8 Å². The van der Waals surface area contributed by atoms with Gasteiger partial charge in [0.15, 0.2) is 12.1 Å². The summed E-state index contributed by atoms with van der Waals surface area (Å²) in [6, 6.07) is 12.2. The number of hydrogen-bond acceptors (Lipinski definition) is 5. The van der Waals surface area contributed by atoms with Gasteiger partial charge in [-0.1, -0.05) is 27.5 Å². The molecule has 0 unspecified atom stereocenters. The summed E-state index contributed by atoms with van der Waals surface area (Å²) in [5.41, 5.74) is 2.14. The monoisotopic (exact) mass is 517 g/mol. The quantitative estimate of drug-likeness (QED) is 0.295. The first-order valence-electron chi connectivity index (χ1n) is 9.50. The van der Waals surface area contributed by atoms with Gasteiger partial charge in [-0.15, -0.1) is 0 Å². The Bertz CT molecular complexity index is 1300. The molecular formula is C23H18BrClFN3O3. The average Bonchev–Trinajstić information content (AvgIpc) is 3.19. The van der Waals surface area contributed by atoms with E-state index < -0.39 is 5.82 Å². The van der Waals surface area contributed by atoms with Gasteiger partial charge in [-0.25, -0.2) is 9.37 Å². The van der Waals surface area contributed by atoms with E-state index in [1.165, 1.54) is 6.33 Å². The number of hydrogen-bond donors (Lipinski definition) is 1. The Labute approximate surface area is 197 Å². The first kappa shape index (κ1) is 22.1. The van der Waals surface area contributed by atoms with Crippen LogP contribution >= 0.6 is 27.5 Å². The molecule has 1 heterocycles. The number of benzene rings is 3. The van der Waals surface area contributed by atoms with Crippen molar-refractivity contribution in [2.24, 2.45) is 0 Å². The van der Waals surface area contributed by atoms with Crippen LogP contribution in [0.15, 0.2) is 53.3 Å². The Hall–Kier alpha value is -3.10. The molecule has 9 heteroatoms. The first-order chi connectivity index (χ1) is 15.4. The molecule has 0 amide bonds. The van der Waals surface area contributed by atoms with Gasteiger partial charge >= 0.3 is 0 Å². The number of imidazole rings is 1. The predicted molar refractivity (Wildman–Crippen MR) is 126 cm³/mol. The van der Waals surface area contributed by atoms with Gasteiger partial charge in [-0.2, -0.15) is 0 Å². The molecule has 0 atom stereocenters. The molecule has 4 rings (SSSR count). The summed E-state index contributed by atoms with van der Waals surface area (Å²) in [7, 11) is 3.15. The summed E-state index contributed by atoms with van der Waals surface area (Å²) in [6.45, 7) is 0.382. The van der Waals surface area contributed by atoms with E-state index in [0.717, 1.165) is 10.0 Å². The van der Waals surface area contributed by atoms with Gasteiger partial charge in [0.2, 0.25) is 0 Å². The molecule has 32 heavy (non-hydrogen) atoms. The number of aromatic nitrogens is 2. The molecular weight excluding hydrogens is 501 g/mol. The Balaban J connectivity index is 1.75. The van der Waals surface area contributed by atoms with E-state index in [9.17, 15) is 4.79 Å². The summed E-state index contributed by atoms with van der Waals surface area (Å²) in [4.78, 5) is 16.0. The van der Waals surface area contributed by atoms with Crippen LogP contribution in [0.5, 0.6) is 11.5 Å². The molecule has 1 N–H and O–H groups in total. The summed E-state index contributed by atoms with van der Waals surface area (Å²) >= 11 is 9.58. The van der Waals surface area contributed by atoms with Crippen molar-refractivity contribution in [3.63, 3.8) is 0 Å². The maximum atomic E-state index is 15.4. The highest BCUT2D eigenvalue weighted by atomic mass is 79.9. The number of rotatable bonds is 7. The minimum absolute atomic E-state index is 0.0185. The molecule has 6 nitrogen and oxygen atoms in total. The molecule has 0 radical (unpaired) electrons. The number of nitrogens with zero attached hydrogens (tertiary/aromatic N) is 2. The summed E-state index contributed by atoms with van der Waals surface area (Å²) in [5, 5.41) is 3.31. The normalized spacial score (nSPS) is 10.9. The van der Waals surface area contributed by atoms with Crippen LogP contribution in [0.2, 0.25) is 5.02 Å². The van der Waals surface area contributed by atoms with E-state index in [0.29, 0.717) is 40.6 Å². The first-order valence-corrected chi connectivity index (χ1v) is 10.7. The van der Waals surface area contributed by atoms with Crippen LogP contribution in [0.1, 0.15) is 15.9 Å². The number of halogens is 3. The lowest BCUT2D eigenvalue weighted by atomic mass is 10.1. The second kappa shape index (κ2) is 9.18. The number of aldehydes is 1. The summed E-state index contributed by atoms with van der Waals surface area (Å²) in [5.74, 6) is 0.647. The molecule has 0 saturated heterocycles. The van der Waals surface area contributed by atoms with Gasteiger partial charge in [0.1, 0.15) is 17.0 Å². The highest BCUT2D eigenvalue weighted by Crippen LogP contribution is 2.34. The number of anilines is 2. The Kier molecular flexibility index (Phi) is 6.34. The van der Waals surface area contributed by atoms with Crippen LogP contribution in [0, 0.1) is 5.82 Å². The number of carbonyl (C=O) groups is 1. The van der Waals surface area contributed by atoms with Gasteiger partial charge in [0.05, 0.1) is 42.5 Å². The zero-order valence-electron chi connectivity index (χ0n) is 17.2. The third-order valence-electron chi connectivity index (χ3n) is 4.97. The summed E-state index contributed by atoms with van der Waals surface area (Å²) < 4.78 is 28.6. The number of nitrogens with one attached hydrogen (secondary N) is 1. The fourth-order valence-corrected chi connectivity index (χ4v) is 4.12. The van der Waals surface area contributed by atoms with Crippen molar-refractivity contribution < 1.29 is 18.7 Å². The Morgan fingerprint density at radius 2 is 1.88 bits per heavy atom. The van der Waals surface area contributed by atoms with E-state index in [2.05, 4.69) is 26.2 Å². The lowest BCUT2D eigenvalue weighted by Crippen LogP contribution is -2.03. The van der Waals surface area contributed by atoms with Crippen molar-refractivity contribution in [2.45, 2.75) is 6.54 Å². The molecule has 0 bridgehead atoms. The standard InChI is InChI=1S/C23H18BrClFN3O3/c1-31-16-5-13(6-17(9-16)32-2)10-29-12-27-23-20(29)7-14(11-30)22(21(23)26)28-19-4-3-15(24)8-18(19)25/h3-9,11-12,28H,10H2,1-2H3. The highest BCUT2D eigenvalue weighted by Gasteiger charge is 2.18. The third kappa shape index (κ3) is 4.28. The van der Waals surface area contributed by atoms with Crippen molar-refractivity contribution in [2.75, 3.05) is 19.5 Å². The third-order valence-corrected chi connectivity index (χ3v) is 5.77. The molecule has 0 saturated carbocycles. The molecule has 0 aliphatic heterocycles. The van der Waals surface area contributed by atoms with Crippen LogP contribution in [0.3, 0.4) is 0 Å². The van der Waals surface area contributed by atoms with Gasteiger partial charge in [-0.3, -0.25) is 4.79 Å². The highest BCUT2D eigenvalue weighted by molar-refractivity contribution is 9.10. The van der Waals surface area contributed by atoms with Crippen LogP contribution in [0.25, 0.3) is 11.0 Å². The molecule has 0 spiro atoms. The van der Waals surface area contributed by atoms with Crippen LogP contribution in [-0.4, -0.2) is 30.1 Å². The van der Waals surface area contributed by atoms with Gasteiger partial charge in [0.25, 0.3) is 0 Å². The molecule has 1 aromatic heterocycles. The fourth-order valence-electron chi connectivity index (χ4n) is 3.40. The fraction of sp³-hybridized carbons (Fsp3) is 0.130. The SMILES string of the molecule is COc1cc(Cn2cnc3c(F)c(Nc4ccc(Br)cc4Cl)c(C=O)cc32)cc(OC)c1. The van der Waals surface area contributed by atoms with Crippen molar-refractivity contribution >= 4 is 56.2 Å². The number of fused-ring (bicyclic) bond motifs is 1. The lowest BCUT2D eigenvalue weighted by molar-refractivity contribution is 0.112. The maximum Gasteiger partial charge on any atom is 0.175 e. The Morgan fingerprint density at radius 1 is 1.16 bits per heavy atom.